The molecule has 0 spiro atoms. The third kappa shape index (κ3) is 3.32. The second-order valence-electron chi connectivity index (χ2n) is 7.13. The number of nitrogens with zero attached hydrogens (tertiary/aromatic N) is 3. The number of hydrogen-bond acceptors (Lipinski definition) is 7. The van der Waals surface area contributed by atoms with Crippen LogP contribution in [0, 0.1) is 5.82 Å². The number of para-hydroxylation sites is 1. The number of nitrogens with two attached hydrogens (primary N) is 1. The van der Waals surface area contributed by atoms with Gasteiger partial charge in [-0.05, 0) is 37.2 Å². The topological polar surface area (TPSA) is 78.1 Å². The van der Waals surface area contributed by atoms with E-state index in [2.05, 4.69) is 15.7 Å². The van der Waals surface area contributed by atoms with Crippen LogP contribution in [0.25, 0.3) is 5.70 Å². The lowest BCUT2D eigenvalue weighted by molar-refractivity contribution is 0.228. The van der Waals surface area contributed by atoms with Gasteiger partial charge in [-0.3, -0.25) is 15.4 Å². The molecule has 1 atom stereocenters. The Kier molecular flexibility index (Phi) is 4.42. The predicted octanol–water partition coefficient (Wildman–Crippen LogP) is 2.53. The molecule has 29 heavy (non-hydrogen) atoms. The molecule has 0 amide bonds. The highest BCUT2D eigenvalue weighted by Gasteiger charge is 2.35. The minimum Gasteiger partial charge on any atom is -0.457 e. The summed E-state index contributed by atoms with van der Waals surface area (Å²) in [6, 6.07) is 14.5. The van der Waals surface area contributed by atoms with Gasteiger partial charge in [0.15, 0.2) is 0 Å². The van der Waals surface area contributed by atoms with Crippen molar-refractivity contribution >= 4 is 12.0 Å². The van der Waals surface area contributed by atoms with Crippen molar-refractivity contribution in [2.45, 2.75) is 12.5 Å². The molecule has 1 saturated heterocycles. The van der Waals surface area contributed by atoms with Crippen LogP contribution >= 0.6 is 0 Å². The maximum Gasteiger partial charge on any atom is 0.136 e. The van der Waals surface area contributed by atoms with Gasteiger partial charge in [-0.25, -0.2) is 15.2 Å². The summed E-state index contributed by atoms with van der Waals surface area (Å²) < 4.78 is 20.8. The van der Waals surface area contributed by atoms with Crippen LogP contribution < -0.4 is 21.3 Å². The summed E-state index contributed by atoms with van der Waals surface area (Å²) in [4.78, 5) is 4.18. The summed E-state index contributed by atoms with van der Waals surface area (Å²) in [6.07, 6.45) is 4.35. The lowest BCUT2D eigenvalue weighted by Crippen LogP contribution is -2.51. The van der Waals surface area contributed by atoms with Crippen molar-refractivity contribution in [2.24, 2.45) is 10.8 Å². The van der Waals surface area contributed by atoms with E-state index in [1.807, 2.05) is 35.3 Å². The van der Waals surface area contributed by atoms with Gasteiger partial charge in [0.1, 0.15) is 35.0 Å². The molecule has 2 aromatic rings. The van der Waals surface area contributed by atoms with Gasteiger partial charge >= 0.3 is 0 Å². The molecule has 1 unspecified atom stereocenters. The first-order chi connectivity index (χ1) is 14.2. The van der Waals surface area contributed by atoms with E-state index in [9.17, 15) is 0 Å². The Labute approximate surface area is 167 Å². The molecule has 3 aliphatic heterocycles. The molecule has 148 valence electrons. The Balaban J connectivity index is 1.45. The van der Waals surface area contributed by atoms with E-state index in [4.69, 9.17) is 10.6 Å². The summed E-state index contributed by atoms with van der Waals surface area (Å²) in [7, 11) is 0. The van der Waals surface area contributed by atoms with Crippen LogP contribution in [0.15, 0.2) is 71.1 Å². The minimum absolute atomic E-state index is 0.382. The average Bonchev–Trinajstić information content (AvgIpc) is 3.05. The van der Waals surface area contributed by atoms with Gasteiger partial charge in [0.25, 0.3) is 0 Å². The number of rotatable bonds is 5. The Hall–Kier alpha value is -3.36. The highest BCUT2D eigenvalue weighted by Crippen LogP contribution is 2.35. The van der Waals surface area contributed by atoms with Crippen molar-refractivity contribution < 1.29 is 9.13 Å². The number of aliphatic imine (C=N–C) groups is 1. The van der Waals surface area contributed by atoms with Crippen LogP contribution in [0.4, 0.5) is 4.39 Å². The highest BCUT2D eigenvalue weighted by molar-refractivity contribution is 5.78. The fraction of sp³-hybridized carbons (Fsp3) is 0.190. The van der Waals surface area contributed by atoms with Gasteiger partial charge in [-0.2, -0.15) is 0 Å². The van der Waals surface area contributed by atoms with E-state index < -0.39 is 5.82 Å². The molecule has 5 rings (SSSR count). The zero-order chi connectivity index (χ0) is 19.8. The van der Waals surface area contributed by atoms with Crippen LogP contribution in [0.5, 0.6) is 11.5 Å². The Morgan fingerprint density at radius 2 is 2.00 bits per heavy atom. The molecule has 8 heteroatoms. The molecule has 2 aromatic carbocycles. The Bertz CT molecular complexity index is 1020. The fourth-order valence-electron chi connectivity index (χ4n) is 3.57. The minimum atomic E-state index is -0.396. The van der Waals surface area contributed by atoms with Crippen LogP contribution in [-0.4, -0.2) is 35.5 Å². The molecule has 4 N–H and O–H groups in total. The zero-order valence-corrected chi connectivity index (χ0v) is 15.7. The molecular formula is C21H21FN6O. The van der Waals surface area contributed by atoms with E-state index in [1.54, 1.807) is 18.3 Å². The van der Waals surface area contributed by atoms with Crippen molar-refractivity contribution in [3.63, 3.8) is 0 Å². The van der Waals surface area contributed by atoms with Gasteiger partial charge in [0.05, 0.1) is 18.4 Å². The molecule has 0 saturated carbocycles. The Morgan fingerprint density at radius 1 is 1.17 bits per heavy atom. The third-order valence-corrected chi connectivity index (χ3v) is 5.18. The summed E-state index contributed by atoms with van der Waals surface area (Å²) in [5, 5.41) is 6.75. The first-order valence-electron chi connectivity index (χ1n) is 9.51. The van der Waals surface area contributed by atoms with Crippen molar-refractivity contribution in [1.82, 2.24) is 20.8 Å². The normalized spacial score (nSPS) is 20.2. The summed E-state index contributed by atoms with van der Waals surface area (Å²) >= 11 is 0. The van der Waals surface area contributed by atoms with Gasteiger partial charge in [0, 0.05) is 17.7 Å². The lowest BCUT2D eigenvalue weighted by Gasteiger charge is -2.33. The smallest absolute Gasteiger partial charge is 0.136 e. The number of ether oxygens (including phenoxy) is 1. The number of fused-ring (bicyclic) bond motifs is 1. The standard InChI is InChI=1S/C21H21FN6O/c22-18-10-16(29-15-4-2-1-3-5-15)6-7-17(18)20-21-19(11-24-13-27(21)23)28(26-20)12-14-8-9-25-14/h1-7,10-11,13-14,25-26H,8-9,12,23H2. The second-order valence-corrected chi connectivity index (χ2v) is 7.13. The van der Waals surface area contributed by atoms with Crippen molar-refractivity contribution in [2.75, 3.05) is 13.1 Å². The molecule has 0 radical (unpaired) electrons. The van der Waals surface area contributed by atoms with E-state index >= 15 is 4.39 Å². The van der Waals surface area contributed by atoms with Crippen molar-refractivity contribution in [1.29, 1.82) is 0 Å². The first kappa shape index (κ1) is 17.7. The van der Waals surface area contributed by atoms with E-state index in [0.717, 1.165) is 25.2 Å². The molecule has 3 heterocycles. The van der Waals surface area contributed by atoms with Crippen LogP contribution in [0.1, 0.15) is 12.0 Å². The van der Waals surface area contributed by atoms with Gasteiger partial charge in [0.2, 0.25) is 0 Å². The second kappa shape index (κ2) is 7.23. The lowest BCUT2D eigenvalue weighted by atomic mass is 10.1. The van der Waals surface area contributed by atoms with Crippen molar-refractivity contribution in [3.05, 3.63) is 77.5 Å². The fourth-order valence-corrected chi connectivity index (χ4v) is 3.57. The SMILES string of the molecule is NN1C=NC=C2C1=C(c1ccc(Oc3ccccc3)cc1F)NN2CC1CCN1. The van der Waals surface area contributed by atoms with E-state index in [0.29, 0.717) is 34.5 Å². The quantitative estimate of drug-likeness (QED) is 0.679. The molecular weight excluding hydrogens is 371 g/mol. The third-order valence-electron chi connectivity index (χ3n) is 5.18. The van der Waals surface area contributed by atoms with Gasteiger partial charge in [-0.15, -0.1) is 0 Å². The number of nitrogens with one attached hydrogen (secondary N) is 2. The van der Waals surface area contributed by atoms with Crippen LogP contribution in [0.2, 0.25) is 0 Å². The zero-order valence-electron chi connectivity index (χ0n) is 15.7. The molecule has 0 bridgehead atoms. The maximum atomic E-state index is 15.1. The molecule has 0 aliphatic carbocycles. The molecule has 7 nitrogen and oxygen atoms in total. The highest BCUT2D eigenvalue weighted by atomic mass is 19.1. The summed E-state index contributed by atoms with van der Waals surface area (Å²) in [6.45, 7) is 1.75. The van der Waals surface area contributed by atoms with E-state index in [1.165, 1.54) is 17.4 Å². The van der Waals surface area contributed by atoms with Crippen LogP contribution in [0.3, 0.4) is 0 Å². The number of halogens is 1. The molecule has 3 aliphatic rings. The average molecular weight is 392 g/mol. The maximum absolute atomic E-state index is 15.1. The monoisotopic (exact) mass is 392 g/mol. The predicted molar refractivity (Wildman–Crippen MR) is 109 cm³/mol. The van der Waals surface area contributed by atoms with Gasteiger partial charge in [-0.1, -0.05) is 18.2 Å². The summed E-state index contributed by atoms with van der Waals surface area (Å²) in [5.74, 6) is 6.82. The largest absolute Gasteiger partial charge is 0.457 e. The number of hydrogen-bond donors (Lipinski definition) is 3. The van der Waals surface area contributed by atoms with E-state index in [-0.39, 0.29) is 0 Å². The summed E-state index contributed by atoms with van der Waals surface area (Å²) in [5.41, 5.74) is 5.85. The van der Waals surface area contributed by atoms with Gasteiger partial charge < -0.3 is 10.1 Å². The van der Waals surface area contributed by atoms with Crippen LogP contribution in [-0.2, 0) is 0 Å². The molecule has 1 fully saturated rings. The Morgan fingerprint density at radius 3 is 2.72 bits per heavy atom. The van der Waals surface area contributed by atoms with Crippen molar-refractivity contribution in [3.8, 4) is 11.5 Å². The number of benzene rings is 2. The first-order valence-corrected chi connectivity index (χ1v) is 9.51. The molecule has 0 aromatic heterocycles. The number of hydrazine groups is 2.